The van der Waals surface area contributed by atoms with Crippen LogP contribution in [0.25, 0.3) is 11.0 Å². The van der Waals surface area contributed by atoms with Crippen molar-refractivity contribution in [3.8, 4) is 11.8 Å². The maximum atomic E-state index is 8.74. The Bertz CT molecular complexity index is 929. The number of hydrogen-bond donors (Lipinski definition) is 1. The van der Waals surface area contributed by atoms with E-state index in [1.165, 1.54) is 11.9 Å². The zero-order valence-electron chi connectivity index (χ0n) is 13.7. The SMILES string of the molecule is N#CCCn1ncc2c(NC[C@@H]3COc4ccccc4C3)ncnc21. The molecule has 1 aliphatic rings. The van der Waals surface area contributed by atoms with E-state index in [1.807, 2.05) is 18.2 Å². The van der Waals surface area contributed by atoms with E-state index in [4.69, 9.17) is 10.00 Å². The summed E-state index contributed by atoms with van der Waals surface area (Å²) in [5.74, 6) is 2.14. The van der Waals surface area contributed by atoms with Gasteiger partial charge in [-0.25, -0.2) is 14.6 Å². The van der Waals surface area contributed by atoms with Crippen LogP contribution in [-0.4, -0.2) is 32.9 Å². The van der Waals surface area contributed by atoms with Gasteiger partial charge in [-0.2, -0.15) is 10.4 Å². The van der Waals surface area contributed by atoms with Crippen LogP contribution in [0.3, 0.4) is 0 Å². The Labute approximate surface area is 145 Å². The number of hydrogen-bond acceptors (Lipinski definition) is 6. The number of anilines is 1. The molecule has 0 fully saturated rings. The van der Waals surface area contributed by atoms with Gasteiger partial charge < -0.3 is 10.1 Å². The van der Waals surface area contributed by atoms with Gasteiger partial charge in [-0.05, 0) is 18.1 Å². The number of para-hydroxylation sites is 1. The lowest BCUT2D eigenvalue weighted by molar-refractivity contribution is 0.229. The fraction of sp³-hybridized carbons (Fsp3) is 0.333. The van der Waals surface area contributed by atoms with Crippen LogP contribution in [0, 0.1) is 17.2 Å². The number of aryl methyl sites for hydroxylation is 1. The zero-order valence-corrected chi connectivity index (χ0v) is 13.7. The Balaban J connectivity index is 1.47. The van der Waals surface area contributed by atoms with Gasteiger partial charge in [0, 0.05) is 12.5 Å². The van der Waals surface area contributed by atoms with Crippen molar-refractivity contribution in [2.45, 2.75) is 19.4 Å². The fourth-order valence-corrected chi connectivity index (χ4v) is 3.12. The molecule has 0 spiro atoms. The minimum atomic E-state index is 0.383. The van der Waals surface area contributed by atoms with Crippen molar-refractivity contribution >= 4 is 16.9 Å². The van der Waals surface area contributed by atoms with Gasteiger partial charge in [-0.1, -0.05) is 18.2 Å². The van der Waals surface area contributed by atoms with E-state index in [-0.39, 0.29) is 0 Å². The van der Waals surface area contributed by atoms with Gasteiger partial charge in [0.05, 0.1) is 37.2 Å². The van der Waals surface area contributed by atoms with Crippen LogP contribution in [0.5, 0.6) is 5.75 Å². The number of nitriles is 1. The molecule has 1 N–H and O–H groups in total. The molecule has 3 heterocycles. The largest absolute Gasteiger partial charge is 0.493 e. The number of fused-ring (bicyclic) bond motifs is 2. The Hall–Kier alpha value is -3.14. The average molecular weight is 334 g/mol. The van der Waals surface area contributed by atoms with Crippen molar-refractivity contribution < 1.29 is 4.74 Å². The van der Waals surface area contributed by atoms with Gasteiger partial charge in [0.25, 0.3) is 0 Å². The monoisotopic (exact) mass is 334 g/mol. The topological polar surface area (TPSA) is 88.7 Å². The smallest absolute Gasteiger partial charge is 0.163 e. The molecule has 126 valence electrons. The lowest BCUT2D eigenvalue weighted by atomic mass is 9.97. The van der Waals surface area contributed by atoms with Gasteiger partial charge in [0.15, 0.2) is 5.65 Å². The van der Waals surface area contributed by atoms with E-state index in [0.717, 1.165) is 35.6 Å². The van der Waals surface area contributed by atoms with E-state index in [1.54, 1.807) is 10.9 Å². The summed E-state index contributed by atoms with van der Waals surface area (Å²) in [5.41, 5.74) is 2.00. The highest BCUT2D eigenvalue weighted by Gasteiger charge is 2.20. The molecule has 0 saturated heterocycles. The highest BCUT2D eigenvalue weighted by atomic mass is 16.5. The number of nitrogens with zero attached hydrogens (tertiary/aromatic N) is 5. The molecule has 3 aromatic rings. The summed E-state index contributed by atoms with van der Waals surface area (Å²) >= 11 is 0. The van der Waals surface area contributed by atoms with Crippen LogP contribution in [0.15, 0.2) is 36.8 Å². The first-order chi connectivity index (χ1) is 12.3. The molecule has 7 heteroatoms. The second kappa shape index (κ2) is 6.77. The Morgan fingerprint density at radius 3 is 3.16 bits per heavy atom. The van der Waals surface area contributed by atoms with Crippen LogP contribution in [-0.2, 0) is 13.0 Å². The average Bonchev–Trinajstić information content (AvgIpc) is 3.08. The van der Waals surface area contributed by atoms with Crippen LogP contribution in [0.1, 0.15) is 12.0 Å². The maximum Gasteiger partial charge on any atom is 0.163 e. The third-order valence-corrected chi connectivity index (χ3v) is 4.38. The normalized spacial score (nSPS) is 16.0. The second-order valence-corrected chi connectivity index (χ2v) is 6.11. The summed E-state index contributed by atoms with van der Waals surface area (Å²) in [4.78, 5) is 8.64. The molecule has 4 rings (SSSR count). The summed E-state index contributed by atoms with van der Waals surface area (Å²) in [6.07, 6.45) is 4.67. The number of rotatable bonds is 5. The van der Waals surface area contributed by atoms with Gasteiger partial charge in [0.2, 0.25) is 0 Å². The molecular weight excluding hydrogens is 316 g/mol. The van der Waals surface area contributed by atoms with Crippen LogP contribution < -0.4 is 10.1 Å². The molecule has 0 aliphatic carbocycles. The highest BCUT2D eigenvalue weighted by Crippen LogP contribution is 2.27. The standard InChI is InChI=1S/C18H18N6O/c19-6-3-7-24-18-15(10-23-24)17(21-12-22-18)20-9-13-8-14-4-1-2-5-16(14)25-11-13/h1-2,4-5,10,12-13H,3,7-9,11H2,(H,20,21,22)/t13-/m1/s1. The van der Waals surface area contributed by atoms with Crippen molar-refractivity contribution in [2.75, 3.05) is 18.5 Å². The van der Waals surface area contributed by atoms with E-state index in [9.17, 15) is 0 Å². The molecule has 1 atom stereocenters. The molecule has 0 saturated carbocycles. The number of benzene rings is 1. The molecular formula is C18H18N6O. The van der Waals surface area contributed by atoms with Crippen molar-refractivity contribution in [2.24, 2.45) is 5.92 Å². The number of aromatic nitrogens is 4. The summed E-state index contributed by atoms with van der Waals surface area (Å²) in [7, 11) is 0. The molecule has 0 bridgehead atoms. The second-order valence-electron chi connectivity index (χ2n) is 6.11. The van der Waals surface area contributed by atoms with Gasteiger partial charge in [0.1, 0.15) is 17.9 Å². The Morgan fingerprint density at radius 2 is 2.24 bits per heavy atom. The first-order valence-corrected chi connectivity index (χ1v) is 8.33. The van der Waals surface area contributed by atoms with Crippen molar-refractivity contribution in [3.63, 3.8) is 0 Å². The van der Waals surface area contributed by atoms with E-state index < -0.39 is 0 Å². The minimum Gasteiger partial charge on any atom is -0.493 e. The molecule has 0 amide bonds. The van der Waals surface area contributed by atoms with E-state index >= 15 is 0 Å². The van der Waals surface area contributed by atoms with Crippen molar-refractivity contribution in [3.05, 3.63) is 42.4 Å². The predicted molar refractivity (Wildman–Crippen MR) is 93.2 cm³/mol. The zero-order chi connectivity index (χ0) is 17.1. The molecule has 7 nitrogen and oxygen atoms in total. The van der Waals surface area contributed by atoms with Crippen molar-refractivity contribution in [1.29, 1.82) is 5.26 Å². The fourth-order valence-electron chi connectivity index (χ4n) is 3.12. The summed E-state index contributed by atoms with van der Waals surface area (Å²) in [6, 6.07) is 10.3. The molecule has 0 radical (unpaired) electrons. The molecule has 1 aromatic carbocycles. The lowest BCUT2D eigenvalue weighted by Crippen LogP contribution is -2.27. The van der Waals surface area contributed by atoms with E-state index in [0.29, 0.717) is 25.5 Å². The molecule has 1 aliphatic heterocycles. The van der Waals surface area contributed by atoms with Crippen molar-refractivity contribution in [1.82, 2.24) is 19.7 Å². The Morgan fingerprint density at radius 1 is 1.32 bits per heavy atom. The Kier molecular flexibility index (Phi) is 4.17. The quantitative estimate of drug-likeness (QED) is 0.771. The lowest BCUT2D eigenvalue weighted by Gasteiger charge is -2.25. The third kappa shape index (κ3) is 3.11. The first-order valence-electron chi connectivity index (χ1n) is 8.33. The highest BCUT2D eigenvalue weighted by molar-refractivity contribution is 5.86. The van der Waals surface area contributed by atoms with Crippen LogP contribution in [0.4, 0.5) is 5.82 Å². The molecule has 25 heavy (non-hydrogen) atoms. The maximum absolute atomic E-state index is 8.74. The van der Waals surface area contributed by atoms with Crippen LogP contribution in [0.2, 0.25) is 0 Å². The van der Waals surface area contributed by atoms with Gasteiger partial charge in [-0.15, -0.1) is 0 Å². The minimum absolute atomic E-state index is 0.383. The summed E-state index contributed by atoms with van der Waals surface area (Å²) in [6.45, 7) is 1.99. The van der Waals surface area contributed by atoms with Gasteiger partial charge >= 0.3 is 0 Å². The predicted octanol–water partition coefficient (Wildman–Crippen LogP) is 2.40. The summed E-state index contributed by atoms with van der Waals surface area (Å²) < 4.78 is 7.58. The third-order valence-electron chi connectivity index (χ3n) is 4.38. The van der Waals surface area contributed by atoms with E-state index in [2.05, 4.69) is 32.5 Å². The molecule has 0 unspecified atom stereocenters. The number of ether oxygens (including phenoxy) is 1. The van der Waals surface area contributed by atoms with Crippen LogP contribution >= 0.6 is 0 Å². The summed E-state index contributed by atoms with van der Waals surface area (Å²) in [5, 5.41) is 17.3. The van der Waals surface area contributed by atoms with Gasteiger partial charge in [-0.3, -0.25) is 0 Å². The molecule has 2 aromatic heterocycles. The first kappa shape index (κ1) is 15.4. The number of nitrogens with one attached hydrogen (secondary N) is 1.